The maximum absolute atomic E-state index is 12.2. The lowest BCUT2D eigenvalue weighted by molar-refractivity contribution is -0.121. The molecule has 138 valence electrons. The summed E-state index contributed by atoms with van der Waals surface area (Å²) in [5.74, 6) is 0.154. The van der Waals surface area contributed by atoms with Gasteiger partial charge in [-0.15, -0.1) is 10.2 Å². The first-order valence-electron chi connectivity index (χ1n) is 8.42. The van der Waals surface area contributed by atoms with Gasteiger partial charge in [-0.2, -0.15) is 0 Å². The van der Waals surface area contributed by atoms with Gasteiger partial charge in [0.1, 0.15) is 5.69 Å². The molecule has 0 spiro atoms. The Morgan fingerprint density at radius 1 is 1.22 bits per heavy atom. The molecule has 27 heavy (non-hydrogen) atoms. The van der Waals surface area contributed by atoms with Crippen LogP contribution in [-0.4, -0.2) is 26.1 Å². The molecule has 0 aliphatic rings. The number of aromatic amines is 1. The van der Waals surface area contributed by atoms with Crippen molar-refractivity contribution in [2.45, 2.75) is 26.3 Å². The summed E-state index contributed by atoms with van der Waals surface area (Å²) < 4.78 is 0. The summed E-state index contributed by atoms with van der Waals surface area (Å²) >= 11 is 6.10. The molecule has 7 nitrogen and oxygen atoms in total. The molecule has 0 saturated carbocycles. The number of nitrogens with zero attached hydrogens (tertiary/aromatic N) is 3. The number of halogens is 1. The normalized spacial score (nSPS) is 10.6. The van der Waals surface area contributed by atoms with Crippen LogP contribution in [0.15, 0.2) is 47.4 Å². The summed E-state index contributed by atoms with van der Waals surface area (Å²) in [6.45, 7) is 2.23. The van der Waals surface area contributed by atoms with E-state index in [0.717, 1.165) is 11.3 Å². The first-order chi connectivity index (χ1) is 13.0. The molecule has 0 atom stereocenters. The number of aromatic nitrogens is 4. The number of aryl methyl sites for hydroxylation is 2. The lowest BCUT2D eigenvalue weighted by Crippen LogP contribution is -2.25. The standard InChI is InChI=1S/C19H18ClN5O2/c1-12-5-6-13(10-15(12)20)18-23-19(27)16(24-25-18)7-8-17(26)22-11-14-4-2-3-9-21-14/h2-6,9-10H,7-8,11H2,1H3,(H,22,26)(H,23,25,27). The SMILES string of the molecule is Cc1ccc(-c2nnc(CCC(=O)NCc3ccccn3)c(=O)[nH]2)cc1Cl. The van der Waals surface area contributed by atoms with E-state index in [1.165, 1.54) is 0 Å². The molecule has 2 heterocycles. The molecule has 3 rings (SSSR count). The molecular weight excluding hydrogens is 366 g/mol. The largest absolute Gasteiger partial charge is 0.350 e. The summed E-state index contributed by atoms with van der Waals surface area (Å²) in [5.41, 5.74) is 2.22. The highest BCUT2D eigenvalue weighted by atomic mass is 35.5. The second kappa shape index (κ2) is 8.55. The van der Waals surface area contributed by atoms with Gasteiger partial charge in [0, 0.05) is 29.6 Å². The number of nitrogens with one attached hydrogen (secondary N) is 2. The van der Waals surface area contributed by atoms with Crippen molar-refractivity contribution in [3.8, 4) is 11.4 Å². The highest BCUT2D eigenvalue weighted by Gasteiger charge is 2.10. The minimum Gasteiger partial charge on any atom is -0.350 e. The molecule has 1 aromatic carbocycles. The first kappa shape index (κ1) is 18.7. The summed E-state index contributed by atoms with van der Waals surface area (Å²) in [4.78, 5) is 31.0. The zero-order chi connectivity index (χ0) is 19.2. The Balaban J connectivity index is 1.60. The Labute approximate surface area is 160 Å². The van der Waals surface area contributed by atoms with E-state index in [4.69, 9.17) is 11.6 Å². The van der Waals surface area contributed by atoms with Crippen LogP contribution in [-0.2, 0) is 17.8 Å². The van der Waals surface area contributed by atoms with E-state index in [2.05, 4.69) is 25.5 Å². The third-order valence-corrected chi connectivity index (χ3v) is 4.40. The van der Waals surface area contributed by atoms with Gasteiger partial charge < -0.3 is 10.3 Å². The van der Waals surface area contributed by atoms with Crippen LogP contribution in [0.25, 0.3) is 11.4 Å². The molecule has 0 fully saturated rings. The van der Waals surface area contributed by atoms with Gasteiger partial charge in [-0.25, -0.2) is 0 Å². The van der Waals surface area contributed by atoms with Crippen LogP contribution in [0.5, 0.6) is 0 Å². The molecule has 0 aliphatic heterocycles. The molecule has 0 bridgehead atoms. The highest BCUT2D eigenvalue weighted by molar-refractivity contribution is 6.31. The summed E-state index contributed by atoms with van der Waals surface area (Å²) in [5, 5.41) is 11.4. The van der Waals surface area contributed by atoms with Crippen LogP contribution in [0.3, 0.4) is 0 Å². The van der Waals surface area contributed by atoms with E-state index >= 15 is 0 Å². The molecule has 0 radical (unpaired) electrons. The van der Waals surface area contributed by atoms with Gasteiger partial charge in [-0.3, -0.25) is 14.6 Å². The van der Waals surface area contributed by atoms with Gasteiger partial charge >= 0.3 is 0 Å². The third-order valence-electron chi connectivity index (χ3n) is 3.99. The van der Waals surface area contributed by atoms with Crippen LogP contribution in [0.4, 0.5) is 0 Å². The predicted octanol–water partition coefficient (Wildman–Crippen LogP) is 2.44. The average Bonchev–Trinajstić information content (AvgIpc) is 2.68. The summed E-state index contributed by atoms with van der Waals surface area (Å²) in [6.07, 6.45) is 2.00. The van der Waals surface area contributed by atoms with Crippen LogP contribution in [0, 0.1) is 6.92 Å². The van der Waals surface area contributed by atoms with E-state index in [1.54, 1.807) is 12.3 Å². The monoisotopic (exact) mass is 383 g/mol. The molecule has 0 saturated heterocycles. The van der Waals surface area contributed by atoms with Gasteiger partial charge in [0.2, 0.25) is 5.91 Å². The van der Waals surface area contributed by atoms with Crippen molar-refractivity contribution in [3.63, 3.8) is 0 Å². The highest BCUT2D eigenvalue weighted by Crippen LogP contribution is 2.21. The zero-order valence-electron chi connectivity index (χ0n) is 14.7. The van der Waals surface area contributed by atoms with Crippen molar-refractivity contribution in [1.29, 1.82) is 0 Å². The number of amides is 1. The van der Waals surface area contributed by atoms with Crippen molar-refractivity contribution in [1.82, 2.24) is 25.5 Å². The Kier molecular flexibility index (Phi) is 5.93. The fourth-order valence-electron chi connectivity index (χ4n) is 2.41. The van der Waals surface area contributed by atoms with Gasteiger partial charge in [-0.05, 0) is 30.7 Å². The second-order valence-corrected chi connectivity index (χ2v) is 6.42. The van der Waals surface area contributed by atoms with E-state index in [-0.39, 0.29) is 30.0 Å². The average molecular weight is 384 g/mol. The van der Waals surface area contributed by atoms with E-state index in [0.29, 0.717) is 23.0 Å². The van der Waals surface area contributed by atoms with Crippen molar-refractivity contribution in [3.05, 3.63) is 74.9 Å². The zero-order valence-corrected chi connectivity index (χ0v) is 15.5. The Morgan fingerprint density at radius 3 is 2.78 bits per heavy atom. The van der Waals surface area contributed by atoms with Crippen molar-refractivity contribution in [2.24, 2.45) is 0 Å². The summed E-state index contributed by atoms with van der Waals surface area (Å²) in [6, 6.07) is 10.9. The van der Waals surface area contributed by atoms with Crippen molar-refractivity contribution >= 4 is 17.5 Å². The van der Waals surface area contributed by atoms with Gasteiger partial charge in [-0.1, -0.05) is 29.8 Å². The molecule has 1 amide bonds. The minimum atomic E-state index is -0.366. The Bertz CT molecular complexity index is 1000. The number of carbonyl (C=O) groups is 1. The lowest BCUT2D eigenvalue weighted by Gasteiger charge is -2.05. The first-order valence-corrected chi connectivity index (χ1v) is 8.80. The predicted molar refractivity (Wildman–Crippen MR) is 102 cm³/mol. The molecular formula is C19H18ClN5O2. The molecule has 0 unspecified atom stereocenters. The molecule has 2 N–H and O–H groups in total. The number of benzene rings is 1. The van der Waals surface area contributed by atoms with E-state index in [9.17, 15) is 9.59 Å². The van der Waals surface area contributed by atoms with E-state index < -0.39 is 0 Å². The number of rotatable bonds is 6. The Morgan fingerprint density at radius 2 is 2.07 bits per heavy atom. The van der Waals surface area contributed by atoms with Gasteiger partial charge in [0.25, 0.3) is 5.56 Å². The van der Waals surface area contributed by atoms with Gasteiger partial charge in [0.15, 0.2) is 5.82 Å². The Hall–Kier alpha value is -3.06. The van der Waals surface area contributed by atoms with Crippen molar-refractivity contribution in [2.75, 3.05) is 0 Å². The van der Waals surface area contributed by atoms with Crippen LogP contribution in [0.1, 0.15) is 23.4 Å². The van der Waals surface area contributed by atoms with Crippen LogP contribution < -0.4 is 10.9 Å². The summed E-state index contributed by atoms with van der Waals surface area (Å²) in [7, 11) is 0. The van der Waals surface area contributed by atoms with Gasteiger partial charge in [0.05, 0.1) is 12.2 Å². The minimum absolute atomic E-state index is 0.139. The molecule has 2 aromatic heterocycles. The molecule has 8 heteroatoms. The number of pyridine rings is 1. The smallest absolute Gasteiger partial charge is 0.273 e. The molecule has 0 aliphatic carbocycles. The molecule has 3 aromatic rings. The van der Waals surface area contributed by atoms with Crippen LogP contribution >= 0.6 is 11.6 Å². The van der Waals surface area contributed by atoms with E-state index in [1.807, 2.05) is 37.3 Å². The topological polar surface area (TPSA) is 101 Å². The number of hydrogen-bond donors (Lipinski definition) is 2. The number of hydrogen-bond acceptors (Lipinski definition) is 5. The third kappa shape index (κ3) is 4.98. The van der Waals surface area contributed by atoms with Crippen molar-refractivity contribution < 1.29 is 4.79 Å². The number of carbonyl (C=O) groups excluding carboxylic acids is 1. The van der Waals surface area contributed by atoms with Crippen LogP contribution in [0.2, 0.25) is 5.02 Å². The maximum atomic E-state index is 12.2. The lowest BCUT2D eigenvalue weighted by atomic mass is 10.1. The fraction of sp³-hybridized carbons (Fsp3) is 0.211. The fourth-order valence-corrected chi connectivity index (χ4v) is 2.59. The quantitative estimate of drug-likeness (QED) is 0.680. The number of H-pyrrole nitrogens is 1. The second-order valence-electron chi connectivity index (χ2n) is 6.01. The maximum Gasteiger partial charge on any atom is 0.273 e.